The van der Waals surface area contributed by atoms with Crippen molar-refractivity contribution in [1.29, 1.82) is 0 Å². The van der Waals surface area contributed by atoms with E-state index in [2.05, 4.69) is 9.62 Å². The normalized spacial score (nSPS) is 11.7. The summed E-state index contributed by atoms with van der Waals surface area (Å²) in [6, 6.07) is 12.8. The van der Waals surface area contributed by atoms with Gasteiger partial charge >= 0.3 is 0 Å². The van der Waals surface area contributed by atoms with Gasteiger partial charge in [0.15, 0.2) is 0 Å². The first kappa shape index (κ1) is 19.4. The fraction of sp³-hybridized carbons (Fsp3) is 0.333. The third-order valence-corrected chi connectivity index (χ3v) is 5.15. The number of rotatable bonds is 9. The molecule has 2 aromatic rings. The number of nitrogens with one attached hydrogen (secondary N) is 1. The molecule has 0 spiro atoms. The van der Waals surface area contributed by atoms with Crippen molar-refractivity contribution in [3.63, 3.8) is 0 Å². The van der Waals surface area contributed by atoms with Gasteiger partial charge < -0.3 is 9.64 Å². The van der Waals surface area contributed by atoms with Gasteiger partial charge in [-0.2, -0.15) is 0 Å². The Balaban J connectivity index is 1.74. The lowest BCUT2D eigenvalue weighted by atomic mass is 10.2. The minimum atomic E-state index is -3.39. The van der Waals surface area contributed by atoms with Crippen molar-refractivity contribution >= 4 is 10.0 Å². The molecule has 0 fully saturated rings. The highest BCUT2D eigenvalue weighted by molar-refractivity contribution is 7.89. The van der Waals surface area contributed by atoms with Gasteiger partial charge in [0.25, 0.3) is 0 Å². The molecule has 1 N–H and O–H groups in total. The summed E-state index contributed by atoms with van der Waals surface area (Å²) in [4.78, 5) is 2.39. The Bertz CT molecular complexity index is 762. The number of hydrogen-bond acceptors (Lipinski definition) is 4. The van der Waals surface area contributed by atoms with Crippen LogP contribution in [-0.2, 0) is 16.6 Å². The van der Waals surface area contributed by atoms with E-state index in [-0.39, 0.29) is 10.7 Å². The molecule has 2 rings (SSSR count). The van der Waals surface area contributed by atoms with Crippen LogP contribution in [0.15, 0.2) is 53.4 Å². The Kier molecular flexibility index (Phi) is 6.92. The lowest BCUT2D eigenvalue weighted by molar-refractivity contribution is 0.258. The van der Waals surface area contributed by atoms with Gasteiger partial charge in [-0.05, 0) is 62.5 Å². The van der Waals surface area contributed by atoms with E-state index < -0.39 is 10.0 Å². The van der Waals surface area contributed by atoms with Crippen LogP contribution in [-0.4, -0.2) is 40.6 Å². The molecule has 2 aromatic carbocycles. The summed E-state index contributed by atoms with van der Waals surface area (Å²) in [6.07, 6.45) is 0.833. The van der Waals surface area contributed by atoms with Crippen LogP contribution in [0.3, 0.4) is 0 Å². The summed E-state index contributed by atoms with van der Waals surface area (Å²) in [5.74, 6) is 0.381. The van der Waals surface area contributed by atoms with Crippen molar-refractivity contribution in [3.05, 3.63) is 59.9 Å². The average molecular weight is 366 g/mol. The van der Waals surface area contributed by atoms with Gasteiger partial charge in [0, 0.05) is 13.1 Å². The zero-order valence-electron chi connectivity index (χ0n) is 14.4. The number of sulfonamides is 1. The number of benzene rings is 2. The second-order valence-electron chi connectivity index (χ2n) is 5.75. The molecule has 0 unspecified atom stereocenters. The van der Waals surface area contributed by atoms with Gasteiger partial charge in [-0.25, -0.2) is 17.5 Å². The quantitative estimate of drug-likeness (QED) is 0.693. The summed E-state index contributed by atoms with van der Waals surface area (Å²) in [6.45, 7) is 2.10. The van der Waals surface area contributed by atoms with Gasteiger partial charge in [0.1, 0.15) is 11.6 Å². The van der Waals surface area contributed by atoms with Crippen LogP contribution in [0.2, 0.25) is 0 Å². The van der Waals surface area contributed by atoms with Crippen LogP contribution in [0.4, 0.5) is 4.39 Å². The lowest BCUT2D eigenvalue weighted by Crippen LogP contribution is -2.21. The van der Waals surface area contributed by atoms with Gasteiger partial charge in [-0.15, -0.1) is 0 Å². The SMILES string of the molecule is CNS(=O)(=O)c1ccc(CN(C)CCCOc2ccc(F)cc2)cc1. The molecule has 0 atom stereocenters. The van der Waals surface area contributed by atoms with E-state index >= 15 is 0 Å². The Morgan fingerprint density at radius 3 is 2.32 bits per heavy atom. The van der Waals surface area contributed by atoms with E-state index in [1.165, 1.54) is 19.2 Å². The molecule has 136 valence electrons. The second-order valence-corrected chi connectivity index (χ2v) is 7.63. The van der Waals surface area contributed by atoms with Gasteiger partial charge in [-0.3, -0.25) is 0 Å². The summed E-state index contributed by atoms with van der Waals surface area (Å²) in [5, 5.41) is 0. The standard InChI is InChI=1S/C18H23FN2O3S/c1-20-25(22,23)18-10-4-15(5-11-18)14-21(2)12-3-13-24-17-8-6-16(19)7-9-17/h4-11,20H,3,12-14H2,1-2H3. The number of nitrogens with zero attached hydrogens (tertiary/aromatic N) is 1. The number of halogens is 1. The Labute approximate surface area is 148 Å². The second kappa shape index (κ2) is 8.94. The number of hydrogen-bond donors (Lipinski definition) is 1. The van der Waals surface area contributed by atoms with Crippen LogP contribution in [0, 0.1) is 5.82 Å². The molecule has 7 heteroatoms. The Morgan fingerprint density at radius 2 is 1.72 bits per heavy atom. The van der Waals surface area contributed by atoms with E-state index in [0.717, 1.165) is 25.1 Å². The third kappa shape index (κ3) is 6.12. The molecule has 0 radical (unpaired) electrons. The molecular formula is C18H23FN2O3S. The summed E-state index contributed by atoms with van der Waals surface area (Å²) < 4.78 is 44.0. The monoisotopic (exact) mass is 366 g/mol. The first-order valence-corrected chi connectivity index (χ1v) is 9.48. The van der Waals surface area contributed by atoms with Gasteiger partial charge in [0.2, 0.25) is 10.0 Å². The molecule has 0 saturated heterocycles. The van der Waals surface area contributed by atoms with Gasteiger partial charge in [0.05, 0.1) is 11.5 Å². The minimum absolute atomic E-state index is 0.258. The van der Waals surface area contributed by atoms with E-state index in [4.69, 9.17) is 4.74 Å². The minimum Gasteiger partial charge on any atom is -0.494 e. The fourth-order valence-electron chi connectivity index (χ4n) is 2.34. The molecule has 0 aromatic heterocycles. The predicted molar refractivity (Wildman–Crippen MR) is 95.5 cm³/mol. The van der Waals surface area contributed by atoms with Crippen molar-refractivity contribution in [2.45, 2.75) is 17.9 Å². The first-order chi connectivity index (χ1) is 11.9. The smallest absolute Gasteiger partial charge is 0.240 e. The van der Waals surface area contributed by atoms with E-state index in [0.29, 0.717) is 12.4 Å². The highest BCUT2D eigenvalue weighted by Gasteiger charge is 2.10. The molecule has 5 nitrogen and oxygen atoms in total. The molecule has 0 aliphatic carbocycles. The van der Waals surface area contributed by atoms with Crippen molar-refractivity contribution in [1.82, 2.24) is 9.62 Å². The van der Waals surface area contributed by atoms with E-state index in [9.17, 15) is 12.8 Å². The zero-order valence-corrected chi connectivity index (χ0v) is 15.2. The maximum Gasteiger partial charge on any atom is 0.240 e. The van der Waals surface area contributed by atoms with Crippen molar-refractivity contribution < 1.29 is 17.5 Å². The third-order valence-electron chi connectivity index (χ3n) is 3.72. The summed E-state index contributed by atoms with van der Waals surface area (Å²) >= 11 is 0. The summed E-state index contributed by atoms with van der Waals surface area (Å²) in [7, 11) is -0.00363. The first-order valence-electron chi connectivity index (χ1n) is 8.00. The van der Waals surface area contributed by atoms with Crippen molar-refractivity contribution in [2.24, 2.45) is 0 Å². The maximum absolute atomic E-state index is 12.8. The Morgan fingerprint density at radius 1 is 1.08 bits per heavy atom. The van der Waals surface area contributed by atoms with Crippen LogP contribution in [0.5, 0.6) is 5.75 Å². The zero-order chi connectivity index (χ0) is 18.3. The lowest BCUT2D eigenvalue weighted by Gasteiger charge is -2.17. The topological polar surface area (TPSA) is 58.6 Å². The van der Waals surface area contributed by atoms with Crippen LogP contribution < -0.4 is 9.46 Å². The molecule has 0 aliphatic heterocycles. The van der Waals surface area contributed by atoms with E-state index in [1.54, 1.807) is 24.3 Å². The molecule has 0 saturated carbocycles. The molecule has 0 amide bonds. The maximum atomic E-state index is 12.8. The summed E-state index contributed by atoms with van der Waals surface area (Å²) in [5.41, 5.74) is 1.04. The van der Waals surface area contributed by atoms with Gasteiger partial charge in [-0.1, -0.05) is 12.1 Å². The molecule has 0 heterocycles. The van der Waals surface area contributed by atoms with Crippen LogP contribution in [0.1, 0.15) is 12.0 Å². The largest absolute Gasteiger partial charge is 0.494 e. The average Bonchev–Trinajstić information content (AvgIpc) is 2.61. The van der Waals surface area contributed by atoms with Crippen LogP contribution >= 0.6 is 0 Å². The van der Waals surface area contributed by atoms with E-state index in [1.807, 2.05) is 19.2 Å². The molecular weight excluding hydrogens is 343 g/mol. The Hall–Kier alpha value is -1.96. The van der Waals surface area contributed by atoms with Crippen LogP contribution in [0.25, 0.3) is 0 Å². The number of ether oxygens (including phenoxy) is 1. The highest BCUT2D eigenvalue weighted by Crippen LogP contribution is 2.13. The fourth-order valence-corrected chi connectivity index (χ4v) is 3.07. The molecule has 25 heavy (non-hydrogen) atoms. The van der Waals surface area contributed by atoms with Crippen molar-refractivity contribution in [2.75, 3.05) is 27.2 Å². The molecule has 0 aliphatic rings. The van der Waals surface area contributed by atoms with Crippen molar-refractivity contribution in [3.8, 4) is 5.75 Å². The predicted octanol–water partition coefficient (Wildman–Crippen LogP) is 2.63. The molecule has 0 bridgehead atoms. The highest BCUT2D eigenvalue weighted by atomic mass is 32.2.